The molecule has 1 fully saturated rings. The Morgan fingerprint density at radius 3 is 2.30 bits per heavy atom. The summed E-state index contributed by atoms with van der Waals surface area (Å²) < 4.78 is 0. The van der Waals surface area contributed by atoms with Gasteiger partial charge in [0.2, 0.25) is 0 Å². The number of hydrogen-bond acceptors (Lipinski definition) is 3. The summed E-state index contributed by atoms with van der Waals surface area (Å²) in [5, 5.41) is 11.9. The second kappa shape index (κ2) is 7.69. The molecule has 2 nitrogen and oxygen atoms in total. The Morgan fingerprint density at radius 2 is 1.59 bits per heavy atom. The lowest BCUT2D eigenvalue weighted by atomic mass is 9.77. The third kappa shape index (κ3) is 3.70. The third-order valence-corrected chi connectivity index (χ3v) is 6.85. The van der Waals surface area contributed by atoms with Gasteiger partial charge in [0.25, 0.3) is 0 Å². The average Bonchev–Trinajstić information content (AvgIpc) is 3.15. The van der Waals surface area contributed by atoms with Crippen molar-refractivity contribution in [3.8, 4) is 21.6 Å². The van der Waals surface area contributed by atoms with Gasteiger partial charge in [-0.2, -0.15) is 0 Å². The van der Waals surface area contributed by atoms with Crippen LogP contribution in [0.3, 0.4) is 0 Å². The standard InChI is InChI=1S/C24H24O2S/c1-16-11-13-17(14-12-16)19-9-5-6-10-20(19)21-15-22(27-23(21)24(25)26)18-7-3-2-4-8-18/h2-10,15-17H,11-14H2,1H3,(H,25,26)/p-1. The van der Waals surface area contributed by atoms with Crippen LogP contribution in [-0.4, -0.2) is 5.97 Å². The first-order chi connectivity index (χ1) is 13.1. The summed E-state index contributed by atoms with van der Waals surface area (Å²) in [7, 11) is 0. The fraction of sp³-hybridized carbons (Fsp3) is 0.292. The molecule has 27 heavy (non-hydrogen) atoms. The van der Waals surface area contributed by atoms with Gasteiger partial charge in [-0.15, -0.1) is 11.3 Å². The molecular weight excluding hydrogens is 352 g/mol. The summed E-state index contributed by atoms with van der Waals surface area (Å²) in [4.78, 5) is 13.2. The minimum atomic E-state index is -1.09. The molecule has 1 heterocycles. The minimum Gasteiger partial charge on any atom is -0.544 e. The van der Waals surface area contributed by atoms with E-state index in [1.54, 1.807) is 0 Å². The van der Waals surface area contributed by atoms with Crippen molar-refractivity contribution >= 4 is 17.3 Å². The molecule has 0 saturated heterocycles. The van der Waals surface area contributed by atoms with Crippen LogP contribution in [0, 0.1) is 5.92 Å². The Morgan fingerprint density at radius 1 is 0.926 bits per heavy atom. The number of thiophene rings is 1. The lowest BCUT2D eigenvalue weighted by molar-refractivity contribution is -0.254. The predicted octanol–water partition coefficient (Wildman–Crippen LogP) is 5.74. The van der Waals surface area contributed by atoms with Crippen LogP contribution in [0.25, 0.3) is 21.6 Å². The van der Waals surface area contributed by atoms with Gasteiger partial charge in [-0.1, -0.05) is 74.4 Å². The molecule has 0 spiro atoms. The second-order valence-corrected chi connectivity index (χ2v) is 8.60. The van der Waals surface area contributed by atoms with E-state index >= 15 is 0 Å². The number of rotatable bonds is 4. The molecule has 1 aromatic heterocycles. The zero-order valence-electron chi connectivity index (χ0n) is 15.5. The second-order valence-electron chi connectivity index (χ2n) is 7.55. The van der Waals surface area contributed by atoms with E-state index in [0.29, 0.717) is 10.8 Å². The Labute approximate surface area is 164 Å². The molecule has 3 aromatic rings. The lowest BCUT2D eigenvalue weighted by Gasteiger charge is -2.28. The van der Waals surface area contributed by atoms with E-state index in [2.05, 4.69) is 25.1 Å². The molecule has 0 atom stereocenters. The average molecular weight is 376 g/mol. The van der Waals surface area contributed by atoms with Crippen LogP contribution in [0.2, 0.25) is 0 Å². The first-order valence-corrected chi connectivity index (χ1v) is 10.4. The SMILES string of the molecule is CC1CCC(c2ccccc2-c2cc(-c3ccccc3)sc2C(=O)[O-])CC1. The zero-order valence-corrected chi connectivity index (χ0v) is 16.3. The van der Waals surface area contributed by atoms with Crippen molar-refractivity contribution < 1.29 is 9.90 Å². The van der Waals surface area contributed by atoms with Crippen LogP contribution in [0.5, 0.6) is 0 Å². The van der Waals surface area contributed by atoms with Gasteiger partial charge in [0.05, 0.1) is 10.8 Å². The third-order valence-electron chi connectivity index (χ3n) is 5.68. The zero-order chi connectivity index (χ0) is 18.8. The van der Waals surface area contributed by atoms with Gasteiger partial charge in [0.15, 0.2) is 0 Å². The molecule has 0 radical (unpaired) electrons. The molecule has 0 aliphatic heterocycles. The predicted molar refractivity (Wildman–Crippen MR) is 110 cm³/mol. The van der Waals surface area contributed by atoms with E-state index in [-0.39, 0.29) is 0 Å². The number of hydrogen-bond donors (Lipinski definition) is 0. The van der Waals surface area contributed by atoms with Gasteiger partial charge in [0, 0.05) is 10.4 Å². The maximum atomic E-state index is 11.9. The largest absolute Gasteiger partial charge is 0.544 e. The fourth-order valence-electron chi connectivity index (χ4n) is 4.16. The quantitative estimate of drug-likeness (QED) is 0.583. The van der Waals surface area contributed by atoms with E-state index in [9.17, 15) is 9.90 Å². The number of carboxylic acids is 1. The summed E-state index contributed by atoms with van der Waals surface area (Å²) >= 11 is 1.31. The van der Waals surface area contributed by atoms with Gasteiger partial charge >= 0.3 is 0 Å². The monoisotopic (exact) mass is 375 g/mol. The summed E-state index contributed by atoms with van der Waals surface area (Å²) in [5.41, 5.74) is 4.17. The Kier molecular flexibility index (Phi) is 5.13. The highest BCUT2D eigenvalue weighted by molar-refractivity contribution is 7.17. The van der Waals surface area contributed by atoms with E-state index < -0.39 is 5.97 Å². The van der Waals surface area contributed by atoms with Crippen LogP contribution in [0.15, 0.2) is 60.7 Å². The van der Waals surface area contributed by atoms with Crippen molar-refractivity contribution in [2.24, 2.45) is 5.92 Å². The van der Waals surface area contributed by atoms with Crippen LogP contribution >= 0.6 is 11.3 Å². The highest BCUT2D eigenvalue weighted by atomic mass is 32.1. The maximum absolute atomic E-state index is 11.9. The van der Waals surface area contributed by atoms with Crippen molar-refractivity contribution in [3.05, 3.63) is 71.1 Å². The number of aromatic carboxylic acids is 1. The molecule has 4 rings (SSSR count). The Balaban J connectivity index is 1.80. The molecule has 0 N–H and O–H groups in total. The van der Waals surface area contributed by atoms with Crippen molar-refractivity contribution in [1.29, 1.82) is 0 Å². The summed E-state index contributed by atoms with van der Waals surface area (Å²) in [6.07, 6.45) is 4.83. The Bertz CT molecular complexity index is 934. The first-order valence-electron chi connectivity index (χ1n) is 9.63. The minimum absolute atomic E-state index is 0.325. The highest BCUT2D eigenvalue weighted by Gasteiger charge is 2.24. The molecule has 2 aromatic carbocycles. The molecule has 1 saturated carbocycles. The van der Waals surface area contributed by atoms with E-state index in [1.165, 1.54) is 42.6 Å². The summed E-state index contributed by atoms with van der Waals surface area (Å²) in [5.74, 6) is 0.203. The van der Waals surface area contributed by atoms with E-state index in [4.69, 9.17) is 0 Å². The summed E-state index contributed by atoms with van der Waals surface area (Å²) in [6.45, 7) is 2.32. The molecule has 0 bridgehead atoms. The topological polar surface area (TPSA) is 40.1 Å². The lowest BCUT2D eigenvalue weighted by Crippen LogP contribution is -2.21. The number of carboxylic acid groups (broad SMARTS) is 1. The van der Waals surface area contributed by atoms with Gasteiger partial charge in [0.1, 0.15) is 0 Å². The van der Waals surface area contributed by atoms with E-state index in [0.717, 1.165) is 27.5 Å². The smallest absolute Gasteiger partial charge is 0.0821 e. The number of benzene rings is 2. The van der Waals surface area contributed by atoms with Gasteiger partial charge < -0.3 is 9.90 Å². The van der Waals surface area contributed by atoms with Crippen LogP contribution in [-0.2, 0) is 0 Å². The molecule has 3 heteroatoms. The normalized spacial score (nSPS) is 19.7. The van der Waals surface area contributed by atoms with Crippen LogP contribution < -0.4 is 5.11 Å². The Hall–Kier alpha value is -2.39. The summed E-state index contributed by atoms with van der Waals surface area (Å²) in [6, 6.07) is 20.3. The molecule has 0 unspecified atom stereocenters. The van der Waals surface area contributed by atoms with Crippen molar-refractivity contribution in [3.63, 3.8) is 0 Å². The van der Waals surface area contributed by atoms with Gasteiger partial charge in [-0.05, 0) is 47.4 Å². The number of carbonyl (C=O) groups excluding carboxylic acids is 1. The van der Waals surface area contributed by atoms with Crippen LogP contribution in [0.1, 0.15) is 53.8 Å². The molecule has 138 valence electrons. The molecule has 1 aliphatic rings. The van der Waals surface area contributed by atoms with Crippen molar-refractivity contribution in [2.75, 3.05) is 0 Å². The molecule has 1 aliphatic carbocycles. The maximum Gasteiger partial charge on any atom is 0.0821 e. The van der Waals surface area contributed by atoms with Gasteiger partial charge in [-0.3, -0.25) is 0 Å². The first kappa shape index (κ1) is 18.0. The van der Waals surface area contributed by atoms with Crippen molar-refractivity contribution in [2.45, 2.75) is 38.5 Å². The molecular formula is C24H23O2S-. The van der Waals surface area contributed by atoms with Crippen LogP contribution in [0.4, 0.5) is 0 Å². The van der Waals surface area contributed by atoms with Crippen molar-refractivity contribution in [1.82, 2.24) is 0 Å². The van der Waals surface area contributed by atoms with E-state index in [1.807, 2.05) is 42.5 Å². The fourth-order valence-corrected chi connectivity index (χ4v) is 5.17. The number of carbonyl (C=O) groups is 1. The highest BCUT2D eigenvalue weighted by Crippen LogP contribution is 2.43. The van der Waals surface area contributed by atoms with Gasteiger partial charge in [-0.25, -0.2) is 0 Å². The molecule has 0 amide bonds.